The molecule has 1 N–H and O–H groups in total. The van der Waals surface area contributed by atoms with Crippen LogP contribution in [0, 0.1) is 5.41 Å². The molecule has 1 aliphatic heterocycles. The maximum atomic E-state index is 14.2. The van der Waals surface area contributed by atoms with Gasteiger partial charge in [0, 0.05) is 17.5 Å². The van der Waals surface area contributed by atoms with Gasteiger partial charge in [-0.1, -0.05) is 36.4 Å². The number of hydrazine groups is 1. The van der Waals surface area contributed by atoms with Crippen LogP contribution < -0.4 is 10.2 Å². The second-order valence-corrected chi connectivity index (χ2v) is 8.82. The molecule has 0 spiro atoms. The highest BCUT2D eigenvalue weighted by atomic mass is 19.4. The van der Waals surface area contributed by atoms with Gasteiger partial charge in [0.15, 0.2) is 6.04 Å². The first-order chi connectivity index (χ1) is 12.8. The Bertz CT molecular complexity index is 901. The number of rotatable bonds is 3. The van der Waals surface area contributed by atoms with Gasteiger partial charge in [0.25, 0.3) is 0 Å². The van der Waals surface area contributed by atoms with Gasteiger partial charge in [-0.05, 0) is 40.0 Å². The third-order valence-electron chi connectivity index (χ3n) is 4.66. The van der Waals surface area contributed by atoms with Crippen LogP contribution in [0.3, 0.4) is 0 Å². The van der Waals surface area contributed by atoms with E-state index in [1.807, 2.05) is 12.1 Å². The summed E-state index contributed by atoms with van der Waals surface area (Å²) < 4.78 is 48.6. The minimum Gasteiger partial charge on any atom is -0.487 e. The molecule has 1 fully saturated rings. The number of nitrogens with zero attached hydrogens (tertiary/aromatic N) is 1. The quantitative estimate of drug-likeness (QED) is 0.797. The van der Waals surface area contributed by atoms with Crippen LogP contribution in [0.4, 0.5) is 13.2 Å². The van der Waals surface area contributed by atoms with Crippen LogP contribution >= 0.6 is 0 Å². The Morgan fingerprint density at radius 3 is 2.29 bits per heavy atom. The molecule has 152 valence electrons. The van der Waals surface area contributed by atoms with Gasteiger partial charge in [0.2, 0.25) is 5.91 Å². The maximum absolute atomic E-state index is 14.2. The molecule has 0 bridgehead atoms. The van der Waals surface area contributed by atoms with Crippen molar-refractivity contribution in [1.82, 2.24) is 10.4 Å². The summed E-state index contributed by atoms with van der Waals surface area (Å²) in [7, 11) is 0. The van der Waals surface area contributed by atoms with Crippen LogP contribution in [-0.2, 0) is 4.79 Å². The lowest BCUT2D eigenvalue weighted by Crippen LogP contribution is -2.44. The molecule has 0 radical (unpaired) electrons. The number of benzene rings is 2. The first-order valence-corrected chi connectivity index (χ1v) is 9.15. The second-order valence-electron chi connectivity index (χ2n) is 8.82. The van der Waals surface area contributed by atoms with Crippen molar-refractivity contribution in [3.63, 3.8) is 0 Å². The molecule has 7 heteroatoms. The van der Waals surface area contributed by atoms with Crippen LogP contribution in [0.1, 0.15) is 46.2 Å². The third-order valence-corrected chi connectivity index (χ3v) is 4.66. The lowest BCUT2D eigenvalue weighted by Gasteiger charge is -2.33. The Balaban J connectivity index is 2.20. The summed E-state index contributed by atoms with van der Waals surface area (Å²) in [6.07, 6.45) is -4.61. The molecule has 2 aromatic rings. The van der Waals surface area contributed by atoms with Crippen molar-refractivity contribution >= 4 is 16.7 Å². The first kappa shape index (κ1) is 20.5. The molecule has 0 unspecified atom stereocenters. The van der Waals surface area contributed by atoms with Gasteiger partial charge in [-0.2, -0.15) is 13.2 Å². The zero-order chi connectivity index (χ0) is 20.9. The maximum Gasteiger partial charge on any atom is 0.410 e. The Labute approximate surface area is 162 Å². The van der Waals surface area contributed by atoms with Crippen molar-refractivity contribution in [2.24, 2.45) is 5.41 Å². The molecule has 1 saturated heterocycles. The molecule has 2 aromatic carbocycles. The number of nitrogens with one attached hydrogen (secondary N) is 1. The van der Waals surface area contributed by atoms with E-state index in [0.717, 1.165) is 10.4 Å². The normalized spacial score (nSPS) is 18.9. The van der Waals surface area contributed by atoms with Gasteiger partial charge in [-0.25, -0.2) is 5.01 Å². The van der Waals surface area contributed by atoms with Crippen LogP contribution in [0.25, 0.3) is 10.8 Å². The summed E-state index contributed by atoms with van der Waals surface area (Å²) in [4.78, 5) is 12.1. The van der Waals surface area contributed by atoms with E-state index in [4.69, 9.17) is 4.74 Å². The summed E-state index contributed by atoms with van der Waals surface area (Å²) >= 11 is 0. The number of halogens is 3. The fourth-order valence-corrected chi connectivity index (χ4v) is 3.39. The standard InChI is InChI=1S/C21H25F3N2O2/c1-19(2,3)28-16-14-9-7-6-8-13(14)10-11-15(16)17(21(22,23)24)26-12-20(4,5)18(27)25-26/h6-11,17H,12H2,1-5H3,(H,25,27)/t17-/m0/s1. The van der Waals surface area contributed by atoms with E-state index in [2.05, 4.69) is 5.43 Å². The second kappa shape index (κ2) is 6.65. The molecule has 1 atom stereocenters. The number of hydrogen-bond donors (Lipinski definition) is 1. The molecule has 0 aromatic heterocycles. The minimum atomic E-state index is -4.61. The number of ether oxygens (including phenoxy) is 1. The fourth-order valence-electron chi connectivity index (χ4n) is 3.39. The molecular formula is C21H25F3N2O2. The van der Waals surface area contributed by atoms with Gasteiger partial charge in [0.1, 0.15) is 11.4 Å². The molecule has 1 aliphatic rings. The van der Waals surface area contributed by atoms with Gasteiger partial charge in [0.05, 0.1) is 5.41 Å². The first-order valence-electron chi connectivity index (χ1n) is 9.15. The largest absolute Gasteiger partial charge is 0.487 e. The number of alkyl halides is 3. The minimum absolute atomic E-state index is 0.0147. The molecule has 1 amide bonds. The summed E-state index contributed by atoms with van der Waals surface area (Å²) in [5.74, 6) is -0.243. The molecule has 3 rings (SSSR count). The predicted molar refractivity (Wildman–Crippen MR) is 102 cm³/mol. The number of hydrogen-bond acceptors (Lipinski definition) is 3. The molecular weight excluding hydrogens is 369 g/mol. The van der Waals surface area contributed by atoms with E-state index in [9.17, 15) is 18.0 Å². The van der Waals surface area contributed by atoms with Gasteiger partial charge >= 0.3 is 6.18 Å². The van der Waals surface area contributed by atoms with E-state index in [-0.39, 0.29) is 17.9 Å². The van der Waals surface area contributed by atoms with Crippen molar-refractivity contribution < 1.29 is 22.7 Å². The lowest BCUT2D eigenvalue weighted by molar-refractivity contribution is -0.192. The smallest absolute Gasteiger partial charge is 0.410 e. The average molecular weight is 394 g/mol. The molecule has 0 aliphatic carbocycles. The topological polar surface area (TPSA) is 41.6 Å². The Morgan fingerprint density at radius 2 is 1.75 bits per heavy atom. The number of carbonyl (C=O) groups excluding carboxylic acids is 1. The SMILES string of the molecule is CC(C)(C)Oc1c([C@H](N2CC(C)(C)C(=O)N2)C(F)(F)F)ccc2ccccc12. The van der Waals surface area contributed by atoms with Gasteiger partial charge in [-0.15, -0.1) is 0 Å². The predicted octanol–water partition coefficient (Wildman–Crippen LogP) is 4.99. The molecule has 0 saturated carbocycles. The Morgan fingerprint density at radius 1 is 1.11 bits per heavy atom. The van der Waals surface area contributed by atoms with Gasteiger partial charge < -0.3 is 4.74 Å². The fraction of sp³-hybridized carbons (Fsp3) is 0.476. The zero-order valence-corrected chi connectivity index (χ0v) is 16.6. The molecule has 1 heterocycles. The third kappa shape index (κ3) is 3.94. The van der Waals surface area contributed by atoms with E-state index in [1.54, 1.807) is 52.8 Å². The number of fused-ring (bicyclic) bond motifs is 1. The average Bonchev–Trinajstić information content (AvgIpc) is 2.80. The van der Waals surface area contributed by atoms with Crippen LogP contribution in [0.2, 0.25) is 0 Å². The van der Waals surface area contributed by atoms with Gasteiger partial charge in [-0.3, -0.25) is 10.2 Å². The van der Waals surface area contributed by atoms with Crippen molar-refractivity contribution in [3.8, 4) is 5.75 Å². The van der Waals surface area contributed by atoms with Crippen LogP contribution in [0.5, 0.6) is 5.75 Å². The Hall–Kier alpha value is -2.28. The Kier molecular flexibility index (Phi) is 4.86. The van der Waals surface area contributed by atoms with Crippen molar-refractivity contribution in [1.29, 1.82) is 0 Å². The number of amides is 1. The van der Waals surface area contributed by atoms with Crippen molar-refractivity contribution in [2.75, 3.05) is 6.54 Å². The van der Waals surface area contributed by atoms with E-state index < -0.39 is 29.1 Å². The number of carbonyl (C=O) groups is 1. The van der Waals surface area contributed by atoms with Crippen molar-refractivity contribution in [2.45, 2.75) is 52.4 Å². The van der Waals surface area contributed by atoms with Crippen molar-refractivity contribution in [3.05, 3.63) is 42.0 Å². The molecule has 28 heavy (non-hydrogen) atoms. The summed E-state index contributed by atoms with van der Waals surface area (Å²) in [5.41, 5.74) is 0.788. The van der Waals surface area contributed by atoms with Crippen LogP contribution in [-0.4, -0.2) is 29.2 Å². The molecule has 4 nitrogen and oxygen atoms in total. The highest BCUT2D eigenvalue weighted by Gasteiger charge is 2.52. The lowest BCUT2D eigenvalue weighted by atomic mass is 9.93. The summed E-state index contributed by atoms with van der Waals surface area (Å²) in [5, 5.41) is 2.37. The monoisotopic (exact) mass is 394 g/mol. The zero-order valence-electron chi connectivity index (χ0n) is 16.6. The van der Waals surface area contributed by atoms with E-state index >= 15 is 0 Å². The highest BCUT2D eigenvalue weighted by molar-refractivity contribution is 5.90. The van der Waals surface area contributed by atoms with E-state index in [0.29, 0.717) is 5.39 Å². The summed E-state index contributed by atoms with van der Waals surface area (Å²) in [6.45, 7) is 8.58. The summed E-state index contributed by atoms with van der Waals surface area (Å²) in [6, 6.07) is 8.26. The van der Waals surface area contributed by atoms with E-state index in [1.165, 1.54) is 6.07 Å². The van der Waals surface area contributed by atoms with Crippen LogP contribution in [0.15, 0.2) is 36.4 Å². The highest BCUT2D eigenvalue weighted by Crippen LogP contribution is 2.46.